The van der Waals surface area contributed by atoms with E-state index in [0.29, 0.717) is 52.1 Å². The van der Waals surface area contributed by atoms with Gasteiger partial charge in [-0.05, 0) is 90.6 Å². The second kappa shape index (κ2) is 13.6. The summed E-state index contributed by atoms with van der Waals surface area (Å²) < 4.78 is 48.9. The van der Waals surface area contributed by atoms with Crippen LogP contribution in [0.1, 0.15) is 34.3 Å². The average molecular weight is 657 g/mol. The standard InChI is InChI=1S/C36H35F3N6O3/c37-23-14-21(15-24(38)17-23)13-22-16-31-34(20-30(22)28-4-2-27(46)19-32(28)39)43-44-35(31)42-36(47)29-3-1-26(45-9-7-40-8-10-45)18-33(29)41-25-5-11-48-12-6-25/h1-4,14-20,25,40-41,46H,5-13H2,(H2,42,43,44,47). The molecular formula is C36H35F3N6O3. The number of aromatic amines is 1. The van der Waals surface area contributed by atoms with Gasteiger partial charge < -0.3 is 30.7 Å². The maximum atomic E-state index is 15.1. The van der Waals surface area contributed by atoms with Crippen LogP contribution in [0, 0.1) is 17.5 Å². The molecule has 2 aliphatic rings. The third-order valence-corrected chi connectivity index (χ3v) is 8.89. The molecule has 1 amide bonds. The number of fused-ring (bicyclic) bond motifs is 1. The highest BCUT2D eigenvalue weighted by molar-refractivity contribution is 6.11. The lowest BCUT2D eigenvalue weighted by atomic mass is 9.93. The van der Waals surface area contributed by atoms with Gasteiger partial charge in [-0.25, -0.2) is 13.2 Å². The molecule has 5 aromatic rings. The smallest absolute Gasteiger partial charge is 0.258 e. The van der Waals surface area contributed by atoms with Crippen LogP contribution in [0.4, 0.5) is 30.4 Å². The molecule has 1 aromatic heterocycles. The summed E-state index contributed by atoms with van der Waals surface area (Å²) in [6.07, 6.45) is 1.71. The van der Waals surface area contributed by atoms with E-state index in [-0.39, 0.29) is 35.5 Å². The van der Waals surface area contributed by atoms with E-state index >= 15 is 4.39 Å². The lowest BCUT2D eigenvalue weighted by Gasteiger charge is -2.31. The zero-order valence-electron chi connectivity index (χ0n) is 26.1. The molecule has 12 heteroatoms. The maximum absolute atomic E-state index is 15.1. The Morgan fingerprint density at radius 1 is 0.938 bits per heavy atom. The molecular weight excluding hydrogens is 621 g/mol. The van der Waals surface area contributed by atoms with Crippen LogP contribution in [0.15, 0.2) is 66.7 Å². The SMILES string of the molecule is O=C(Nc1n[nH]c2cc(-c3ccc(O)cc3F)c(Cc3cc(F)cc(F)c3)cc12)c1ccc(N2CCNCC2)cc1NC1CCOCC1. The van der Waals surface area contributed by atoms with Gasteiger partial charge in [0, 0.05) is 79.9 Å². The molecule has 4 aromatic carbocycles. The van der Waals surface area contributed by atoms with Crippen LogP contribution < -0.4 is 20.9 Å². The second-order valence-electron chi connectivity index (χ2n) is 12.2. The molecule has 3 heterocycles. The molecule has 9 nitrogen and oxygen atoms in total. The largest absolute Gasteiger partial charge is 0.508 e. The molecule has 48 heavy (non-hydrogen) atoms. The Morgan fingerprint density at radius 3 is 2.46 bits per heavy atom. The first-order valence-corrected chi connectivity index (χ1v) is 16.0. The molecule has 248 valence electrons. The number of piperazine rings is 1. The molecule has 0 bridgehead atoms. The van der Waals surface area contributed by atoms with Crippen molar-refractivity contribution in [2.24, 2.45) is 0 Å². The van der Waals surface area contributed by atoms with E-state index in [2.05, 4.69) is 31.0 Å². The number of benzene rings is 4. The average Bonchev–Trinajstić information content (AvgIpc) is 3.46. The van der Waals surface area contributed by atoms with Crippen LogP contribution in [0.2, 0.25) is 0 Å². The van der Waals surface area contributed by atoms with Crippen LogP contribution >= 0.6 is 0 Å². The van der Waals surface area contributed by atoms with Gasteiger partial charge in [-0.3, -0.25) is 9.89 Å². The first-order chi connectivity index (χ1) is 23.3. The number of aromatic hydroxyl groups is 1. The molecule has 0 aliphatic carbocycles. The Bertz CT molecular complexity index is 1950. The van der Waals surface area contributed by atoms with Crippen molar-refractivity contribution in [1.82, 2.24) is 15.5 Å². The Morgan fingerprint density at radius 2 is 1.71 bits per heavy atom. The Labute approximate surface area is 275 Å². The number of ether oxygens (including phenoxy) is 1. The van der Waals surface area contributed by atoms with Gasteiger partial charge in [-0.15, -0.1) is 0 Å². The quantitative estimate of drug-likeness (QED) is 0.135. The van der Waals surface area contributed by atoms with E-state index in [1.165, 1.54) is 24.3 Å². The summed E-state index contributed by atoms with van der Waals surface area (Å²) in [7, 11) is 0. The number of phenolic OH excluding ortho intramolecular Hbond substituents is 1. The molecule has 2 aliphatic heterocycles. The van der Waals surface area contributed by atoms with E-state index in [1.54, 1.807) is 12.1 Å². The highest BCUT2D eigenvalue weighted by Gasteiger charge is 2.22. The number of hydrogen-bond donors (Lipinski definition) is 5. The van der Waals surface area contributed by atoms with Gasteiger partial charge in [0.2, 0.25) is 0 Å². The van der Waals surface area contributed by atoms with Crippen molar-refractivity contribution in [3.63, 3.8) is 0 Å². The zero-order chi connectivity index (χ0) is 33.2. The lowest BCUT2D eigenvalue weighted by molar-refractivity contribution is 0.0904. The van der Waals surface area contributed by atoms with Gasteiger partial charge in [0.15, 0.2) is 5.82 Å². The van der Waals surface area contributed by atoms with E-state index in [1.807, 2.05) is 18.2 Å². The minimum atomic E-state index is -0.729. The van der Waals surface area contributed by atoms with E-state index in [4.69, 9.17) is 4.74 Å². The van der Waals surface area contributed by atoms with Crippen molar-refractivity contribution in [2.75, 3.05) is 54.9 Å². The van der Waals surface area contributed by atoms with Crippen molar-refractivity contribution >= 4 is 34.0 Å². The van der Waals surface area contributed by atoms with Crippen molar-refractivity contribution in [2.45, 2.75) is 25.3 Å². The second-order valence-corrected chi connectivity index (χ2v) is 12.2. The van der Waals surface area contributed by atoms with Crippen molar-refractivity contribution in [3.8, 4) is 16.9 Å². The summed E-state index contributed by atoms with van der Waals surface area (Å²) in [5, 5.41) is 27.5. The summed E-state index contributed by atoms with van der Waals surface area (Å²) >= 11 is 0. The highest BCUT2D eigenvalue weighted by atomic mass is 19.1. The van der Waals surface area contributed by atoms with Gasteiger partial charge in [-0.1, -0.05) is 0 Å². The molecule has 0 unspecified atom stereocenters. The van der Waals surface area contributed by atoms with Gasteiger partial charge >= 0.3 is 0 Å². The summed E-state index contributed by atoms with van der Waals surface area (Å²) in [5.74, 6) is -2.47. The lowest BCUT2D eigenvalue weighted by Crippen LogP contribution is -2.43. The topological polar surface area (TPSA) is 115 Å². The Hall–Kier alpha value is -5.07. The van der Waals surface area contributed by atoms with E-state index in [9.17, 15) is 18.7 Å². The van der Waals surface area contributed by atoms with Gasteiger partial charge in [0.05, 0.1) is 11.1 Å². The van der Waals surface area contributed by atoms with Crippen molar-refractivity contribution < 1.29 is 27.8 Å². The number of hydrogen-bond acceptors (Lipinski definition) is 7. The summed E-state index contributed by atoms with van der Waals surface area (Å²) in [5.41, 5.74) is 4.22. The monoisotopic (exact) mass is 656 g/mol. The number of anilines is 3. The molecule has 0 saturated carbocycles. The van der Waals surface area contributed by atoms with Gasteiger partial charge in [0.1, 0.15) is 23.2 Å². The number of phenols is 1. The zero-order valence-corrected chi connectivity index (χ0v) is 26.1. The van der Waals surface area contributed by atoms with E-state index in [0.717, 1.165) is 56.8 Å². The molecule has 2 saturated heterocycles. The molecule has 2 fully saturated rings. The van der Waals surface area contributed by atoms with Crippen molar-refractivity contribution in [3.05, 3.63) is 101 Å². The third-order valence-electron chi connectivity index (χ3n) is 8.89. The number of amides is 1. The predicted molar refractivity (Wildman–Crippen MR) is 179 cm³/mol. The van der Waals surface area contributed by atoms with Crippen LogP contribution in [0.5, 0.6) is 5.75 Å². The van der Waals surface area contributed by atoms with E-state index < -0.39 is 17.5 Å². The fourth-order valence-corrected chi connectivity index (χ4v) is 6.46. The minimum absolute atomic E-state index is 0.0610. The summed E-state index contributed by atoms with van der Waals surface area (Å²) in [6.45, 7) is 4.79. The number of carbonyl (C=O) groups excluding carboxylic acids is 1. The highest BCUT2D eigenvalue weighted by Crippen LogP contribution is 2.36. The minimum Gasteiger partial charge on any atom is -0.508 e. The molecule has 7 rings (SSSR count). The van der Waals surface area contributed by atoms with Gasteiger partial charge in [-0.2, -0.15) is 5.10 Å². The van der Waals surface area contributed by atoms with Crippen molar-refractivity contribution in [1.29, 1.82) is 0 Å². The molecule has 5 N–H and O–H groups in total. The number of H-pyrrole nitrogens is 1. The van der Waals surface area contributed by atoms with Gasteiger partial charge in [0.25, 0.3) is 5.91 Å². The number of rotatable bonds is 8. The Kier molecular flexibility index (Phi) is 8.92. The fraction of sp³-hybridized carbons (Fsp3) is 0.278. The number of aromatic nitrogens is 2. The molecule has 0 radical (unpaired) electrons. The maximum Gasteiger partial charge on any atom is 0.258 e. The normalized spacial score (nSPS) is 15.5. The third kappa shape index (κ3) is 6.80. The summed E-state index contributed by atoms with van der Waals surface area (Å²) in [4.78, 5) is 16.2. The Balaban J connectivity index is 1.24. The predicted octanol–water partition coefficient (Wildman–Crippen LogP) is 6.20. The molecule has 0 atom stereocenters. The van der Waals surface area contributed by atoms with Crippen LogP contribution in [-0.4, -0.2) is 66.6 Å². The number of nitrogens with one attached hydrogen (secondary N) is 4. The molecule has 0 spiro atoms. The van der Waals surface area contributed by atoms with Crippen LogP contribution in [-0.2, 0) is 11.2 Å². The number of halogens is 3. The number of nitrogens with zero attached hydrogens (tertiary/aromatic N) is 2. The van der Waals surface area contributed by atoms with Crippen LogP contribution in [0.25, 0.3) is 22.0 Å². The number of carbonyl (C=O) groups is 1. The summed E-state index contributed by atoms with van der Waals surface area (Å²) in [6, 6.07) is 16.4. The first kappa shape index (κ1) is 31.5. The fourth-order valence-electron chi connectivity index (χ4n) is 6.46. The van der Waals surface area contributed by atoms with Crippen LogP contribution in [0.3, 0.4) is 0 Å². The first-order valence-electron chi connectivity index (χ1n) is 16.0.